The molecule has 0 aromatic heterocycles. The van der Waals surface area contributed by atoms with Crippen molar-refractivity contribution in [2.45, 2.75) is 122 Å². The molecule has 3 heteroatoms. The first-order valence-electron chi connectivity index (χ1n) is 9.93. The van der Waals surface area contributed by atoms with Crippen molar-refractivity contribution >= 4 is 0 Å². The van der Waals surface area contributed by atoms with Crippen LogP contribution in [-0.2, 0) is 0 Å². The largest absolute Gasteiger partial charge is 0.301 e. The number of unbranched alkanes of at least 4 members (excludes halogenated alkanes) is 15. The zero-order chi connectivity index (χ0) is 16.5. The highest BCUT2D eigenvalue weighted by Gasteiger charge is 2.09. The number of rotatable bonds is 17. The molecule has 0 fully saturated rings. The van der Waals surface area contributed by atoms with Crippen molar-refractivity contribution in [3.05, 3.63) is 0 Å². The molecule has 0 atom stereocenters. The lowest BCUT2D eigenvalue weighted by molar-refractivity contribution is 0.399. The Morgan fingerprint density at radius 1 is 0.455 bits per heavy atom. The summed E-state index contributed by atoms with van der Waals surface area (Å²) in [5.41, 5.74) is 16.7. The highest BCUT2D eigenvalue weighted by Crippen LogP contribution is 2.14. The molecule has 0 aliphatic heterocycles. The van der Waals surface area contributed by atoms with Gasteiger partial charge in [0.2, 0.25) is 0 Å². The Morgan fingerprint density at radius 3 is 1.00 bits per heavy atom. The Balaban J connectivity index is 3.00. The van der Waals surface area contributed by atoms with E-state index in [9.17, 15) is 0 Å². The summed E-state index contributed by atoms with van der Waals surface area (Å²) in [6.45, 7) is 2.28. The molecule has 0 amide bonds. The molecule has 0 saturated carbocycles. The second-order valence-corrected chi connectivity index (χ2v) is 7.17. The van der Waals surface area contributed by atoms with E-state index in [2.05, 4.69) is 6.92 Å². The Labute approximate surface area is 139 Å². The van der Waals surface area contributed by atoms with Crippen LogP contribution in [0.2, 0.25) is 0 Å². The summed E-state index contributed by atoms with van der Waals surface area (Å²) < 4.78 is 0. The molecular formula is C19H43N3. The van der Waals surface area contributed by atoms with Gasteiger partial charge in [-0.15, -0.1) is 0 Å². The van der Waals surface area contributed by atoms with E-state index < -0.39 is 5.79 Å². The van der Waals surface area contributed by atoms with E-state index in [1.54, 1.807) is 0 Å². The fourth-order valence-electron chi connectivity index (χ4n) is 2.98. The maximum absolute atomic E-state index is 5.55. The monoisotopic (exact) mass is 313 g/mol. The number of hydrogen-bond acceptors (Lipinski definition) is 3. The van der Waals surface area contributed by atoms with Gasteiger partial charge in [-0.3, -0.25) is 0 Å². The smallest absolute Gasteiger partial charge is 0.115 e. The SMILES string of the molecule is CCCCCCCCCCCCCCCCCCC(N)(N)N. The first-order chi connectivity index (χ1) is 10.6. The van der Waals surface area contributed by atoms with Crippen LogP contribution in [0.25, 0.3) is 0 Å². The van der Waals surface area contributed by atoms with E-state index in [0.717, 1.165) is 12.8 Å². The predicted octanol–water partition coefficient (Wildman–Crippen LogP) is 5.17. The minimum atomic E-state index is -0.962. The molecular weight excluding hydrogens is 270 g/mol. The maximum atomic E-state index is 5.55. The molecule has 22 heavy (non-hydrogen) atoms. The third-order valence-electron chi connectivity index (χ3n) is 4.46. The van der Waals surface area contributed by atoms with Crippen molar-refractivity contribution in [1.82, 2.24) is 0 Å². The van der Waals surface area contributed by atoms with Crippen LogP contribution in [0.1, 0.15) is 116 Å². The van der Waals surface area contributed by atoms with Gasteiger partial charge in [0.25, 0.3) is 0 Å². The second kappa shape index (κ2) is 15.8. The Bertz CT molecular complexity index is 211. The molecule has 0 heterocycles. The Kier molecular flexibility index (Phi) is 15.7. The van der Waals surface area contributed by atoms with E-state index in [0.29, 0.717) is 0 Å². The Morgan fingerprint density at radius 2 is 0.727 bits per heavy atom. The summed E-state index contributed by atoms with van der Waals surface area (Å²) in [6.07, 6.45) is 22.8. The normalized spacial score (nSPS) is 12.0. The summed E-state index contributed by atoms with van der Waals surface area (Å²) in [5, 5.41) is 0. The van der Waals surface area contributed by atoms with Gasteiger partial charge in [0, 0.05) is 0 Å². The van der Waals surface area contributed by atoms with Crippen molar-refractivity contribution in [1.29, 1.82) is 0 Å². The molecule has 3 nitrogen and oxygen atoms in total. The molecule has 0 aliphatic carbocycles. The topological polar surface area (TPSA) is 78.1 Å². The van der Waals surface area contributed by atoms with Crippen molar-refractivity contribution in [2.75, 3.05) is 0 Å². The zero-order valence-electron chi connectivity index (χ0n) is 15.3. The summed E-state index contributed by atoms with van der Waals surface area (Å²) in [6, 6.07) is 0. The number of hydrogen-bond donors (Lipinski definition) is 3. The van der Waals surface area contributed by atoms with Gasteiger partial charge in [0.15, 0.2) is 0 Å². The van der Waals surface area contributed by atoms with Gasteiger partial charge >= 0.3 is 0 Å². The first-order valence-corrected chi connectivity index (χ1v) is 9.93. The molecule has 0 radical (unpaired) electrons. The molecule has 6 N–H and O–H groups in total. The van der Waals surface area contributed by atoms with Crippen LogP contribution in [0.3, 0.4) is 0 Å². The van der Waals surface area contributed by atoms with Gasteiger partial charge in [0.05, 0.1) is 0 Å². The van der Waals surface area contributed by atoms with Gasteiger partial charge in [-0.1, -0.05) is 103 Å². The average Bonchev–Trinajstić information content (AvgIpc) is 2.45. The number of nitrogens with two attached hydrogens (primary N) is 3. The van der Waals surface area contributed by atoms with Gasteiger partial charge in [-0.05, 0) is 12.8 Å². The van der Waals surface area contributed by atoms with Gasteiger partial charge in [-0.2, -0.15) is 0 Å². The second-order valence-electron chi connectivity index (χ2n) is 7.17. The minimum Gasteiger partial charge on any atom is -0.301 e. The highest BCUT2D eigenvalue weighted by atomic mass is 15.1. The van der Waals surface area contributed by atoms with Crippen LogP contribution in [-0.4, -0.2) is 5.79 Å². The van der Waals surface area contributed by atoms with Crippen molar-refractivity contribution in [3.63, 3.8) is 0 Å². The predicted molar refractivity (Wildman–Crippen MR) is 99.5 cm³/mol. The maximum Gasteiger partial charge on any atom is 0.115 e. The summed E-state index contributed by atoms with van der Waals surface area (Å²) in [4.78, 5) is 0. The van der Waals surface area contributed by atoms with Crippen LogP contribution < -0.4 is 17.2 Å². The zero-order valence-corrected chi connectivity index (χ0v) is 15.3. The van der Waals surface area contributed by atoms with Gasteiger partial charge in [-0.25, -0.2) is 0 Å². The van der Waals surface area contributed by atoms with E-state index in [4.69, 9.17) is 17.2 Å². The fraction of sp³-hybridized carbons (Fsp3) is 1.00. The quantitative estimate of drug-likeness (QED) is 0.256. The lowest BCUT2D eigenvalue weighted by Gasteiger charge is -2.17. The molecule has 0 rings (SSSR count). The molecule has 0 aromatic rings. The molecule has 0 aromatic carbocycles. The molecule has 0 bridgehead atoms. The van der Waals surface area contributed by atoms with Gasteiger partial charge in [0.1, 0.15) is 5.79 Å². The van der Waals surface area contributed by atoms with Crippen LogP contribution >= 0.6 is 0 Å². The van der Waals surface area contributed by atoms with Crippen LogP contribution in [0, 0.1) is 0 Å². The average molecular weight is 314 g/mol. The third kappa shape index (κ3) is 19.9. The summed E-state index contributed by atoms with van der Waals surface area (Å²) in [7, 11) is 0. The van der Waals surface area contributed by atoms with Crippen LogP contribution in [0.4, 0.5) is 0 Å². The third-order valence-corrected chi connectivity index (χ3v) is 4.46. The molecule has 0 saturated heterocycles. The summed E-state index contributed by atoms with van der Waals surface area (Å²) >= 11 is 0. The van der Waals surface area contributed by atoms with Crippen LogP contribution in [0.5, 0.6) is 0 Å². The van der Waals surface area contributed by atoms with Crippen LogP contribution in [0.15, 0.2) is 0 Å². The summed E-state index contributed by atoms with van der Waals surface area (Å²) in [5.74, 6) is -0.962. The molecule has 0 unspecified atom stereocenters. The fourth-order valence-corrected chi connectivity index (χ4v) is 2.98. The van der Waals surface area contributed by atoms with Crippen molar-refractivity contribution < 1.29 is 0 Å². The molecule has 0 spiro atoms. The van der Waals surface area contributed by atoms with Crippen molar-refractivity contribution in [3.8, 4) is 0 Å². The van der Waals surface area contributed by atoms with E-state index in [-0.39, 0.29) is 0 Å². The minimum absolute atomic E-state index is 0.728. The Hall–Kier alpha value is -0.120. The van der Waals surface area contributed by atoms with Crippen molar-refractivity contribution in [2.24, 2.45) is 17.2 Å². The first kappa shape index (κ1) is 21.9. The van der Waals surface area contributed by atoms with E-state index in [1.165, 1.54) is 96.3 Å². The lowest BCUT2D eigenvalue weighted by atomic mass is 10.0. The lowest BCUT2D eigenvalue weighted by Crippen LogP contribution is -2.57. The van der Waals surface area contributed by atoms with Gasteiger partial charge < -0.3 is 17.2 Å². The highest BCUT2D eigenvalue weighted by molar-refractivity contribution is 4.66. The van der Waals surface area contributed by atoms with E-state index >= 15 is 0 Å². The molecule has 0 aliphatic rings. The molecule has 134 valence electrons. The van der Waals surface area contributed by atoms with E-state index in [1.807, 2.05) is 0 Å². The standard InChI is InChI=1S/C19H43N3/c1-2-3-4-5-6-7-8-9-10-11-12-13-14-15-16-17-18-19(20,21)22/h2-18,20-22H2,1H3.